The van der Waals surface area contributed by atoms with Crippen molar-refractivity contribution in [1.82, 2.24) is 19.4 Å². The Kier molecular flexibility index (Phi) is 5.77. The summed E-state index contributed by atoms with van der Waals surface area (Å²) in [6.45, 7) is 9.03. The fraction of sp³-hybridized carbons (Fsp3) is 0.667. The minimum Gasteiger partial charge on any atom is -0.297 e. The number of likely N-dealkylation sites (tertiary alicyclic amines) is 1. The third-order valence-corrected chi connectivity index (χ3v) is 4.68. The lowest BCUT2D eigenvalue weighted by atomic mass is 9.99. The zero-order valence-electron chi connectivity index (χ0n) is 13.4. The highest BCUT2D eigenvalue weighted by molar-refractivity contribution is 7.88. The van der Waals surface area contributed by atoms with Gasteiger partial charge >= 0.3 is 0 Å². The summed E-state index contributed by atoms with van der Waals surface area (Å²) in [5.74, 6) is 0.378. The van der Waals surface area contributed by atoms with Crippen molar-refractivity contribution in [2.24, 2.45) is 5.92 Å². The molecule has 0 aromatic carbocycles. The van der Waals surface area contributed by atoms with Crippen LogP contribution in [0.1, 0.15) is 25.3 Å². The molecule has 1 aromatic heterocycles. The van der Waals surface area contributed by atoms with Gasteiger partial charge in [0.2, 0.25) is 10.0 Å². The fourth-order valence-corrected chi connectivity index (χ4v) is 3.96. The minimum absolute atomic E-state index is 0.0122. The monoisotopic (exact) mass is 326 g/mol. The van der Waals surface area contributed by atoms with Crippen LogP contribution in [-0.4, -0.2) is 48.5 Å². The highest BCUT2D eigenvalue weighted by Gasteiger charge is 2.33. The van der Waals surface area contributed by atoms with Crippen LogP contribution in [0.5, 0.6) is 0 Å². The van der Waals surface area contributed by atoms with E-state index in [1.807, 2.05) is 23.2 Å². The van der Waals surface area contributed by atoms with Gasteiger partial charge in [-0.2, -0.15) is 5.10 Å². The van der Waals surface area contributed by atoms with Crippen LogP contribution < -0.4 is 4.72 Å². The summed E-state index contributed by atoms with van der Waals surface area (Å²) in [6.07, 6.45) is 9.05. The Morgan fingerprint density at radius 3 is 2.91 bits per heavy atom. The van der Waals surface area contributed by atoms with Gasteiger partial charge in [0.25, 0.3) is 0 Å². The number of sulfonamides is 1. The molecule has 124 valence electrons. The maximum absolute atomic E-state index is 11.5. The number of rotatable bonds is 8. The smallest absolute Gasteiger partial charge is 0.209 e. The Balaban J connectivity index is 1.98. The Morgan fingerprint density at radius 2 is 2.27 bits per heavy atom. The second-order valence-electron chi connectivity index (χ2n) is 6.10. The molecule has 7 heteroatoms. The van der Waals surface area contributed by atoms with Crippen LogP contribution in [0.3, 0.4) is 0 Å². The molecule has 1 saturated heterocycles. The molecule has 22 heavy (non-hydrogen) atoms. The summed E-state index contributed by atoms with van der Waals surface area (Å²) in [7, 11) is -3.16. The molecule has 2 rings (SSSR count). The van der Waals surface area contributed by atoms with Crippen LogP contribution in [0.2, 0.25) is 0 Å². The summed E-state index contributed by atoms with van der Waals surface area (Å²) < 4.78 is 27.7. The largest absolute Gasteiger partial charge is 0.297 e. The predicted molar refractivity (Wildman–Crippen MR) is 87.9 cm³/mol. The summed E-state index contributed by atoms with van der Waals surface area (Å²) >= 11 is 0. The first kappa shape index (κ1) is 17.2. The Hall–Kier alpha value is -1.18. The lowest BCUT2D eigenvalue weighted by Crippen LogP contribution is -2.39. The third-order valence-electron chi connectivity index (χ3n) is 3.95. The van der Waals surface area contributed by atoms with E-state index < -0.39 is 10.0 Å². The number of nitrogens with one attached hydrogen (secondary N) is 1. The molecule has 0 radical (unpaired) electrons. The van der Waals surface area contributed by atoms with Crippen molar-refractivity contribution in [3.8, 4) is 0 Å². The number of hydrogen-bond donors (Lipinski definition) is 1. The number of aromatic nitrogens is 2. The molecular weight excluding hydrogens is 300 g/mol. The second-order valence-corrected chi connectivity index (χ2v) is 7.88. The van der Waals surface area contributed by atoms with Gasteiger partial charge in [-0.1, -0.05) is 19.4 Å². The van der Waals surface area contributed by atoms with Crippen molar-refractivity contribution < 1.29 is 8.42 Å². The van der Waals surface area contributed by atoms with Gasteiger partial charge in [0.1, 0.15) is 0 Å². The van der Waals surface area contributed by atoms with Gasteiger partial charge in [0, 0.05) is 37.4 Å². The highest BCUT2D eigenvalue weighted by atomic mass is 32.2. The first-order chi connectivity index (χ1) is 10.4. The molecule has 1 aliphatic heterocycles. The Bertz CT molecular complexity index is 596. The van der Waals surface area contributed by atoms with Crippen LogP contribution in [0, 0.1) is 5.92 Å². The molecule has 1 N–H and O–H groups in total. The molecule has 0 bridgehead atoms. The van der Waals surface area contributed by atoms with Gasteiger partial charge in [-0.3, -0.25) is 9.58 Å². The summed E-state index contributed by atoms with van der Waals surface area (Å²) in [4.78, 5) is 2.30. The van der Waals surface area contributed by atoms with E-state index in [1.165, 1.54) is 6.26 Å². The number of hydrogen-bond acceptors (Lipinski definition) is 4. The predicted octanol–water partition coefficient (Wildman–Crippen LogP) is 1.22. The second kappa shape index (κ2) is 7.39. The topological polar surface area (TPSA) is 67.2 Å². The average molecular weight is 326 g/mol. The quantitative estimate of drug-likeness (QED) is 0.730. The first-order valence-electron chi connectivity index (χ1n) is 7.73. The highest BCUT2D eigenvalue weighted by Crippen LogP contribution is 2.23. The van der Waals surface area contributed by atoms with Crippen molar-refractivity contribution in [3.05, 3.63) is 30.6 Å². The molecule has 0 aliphatic carbocycles. The van der Waals surface area contributed by atoms with E-state index in [4.69, 9.17) is 0 Å². The molecule has 1 aliphatic rings. The van der Waals surface area contributed by atoms with E-state index in [2.05, 4.69) is 28.2 Å². The maximum atomic E-state index is 11.5. The van der Waals surface area contributed by atoms with E-state index >= 15 is 0 Å². The molecule has 2 atom stereocenters. The summed E-state index contributed by atoms with van der Waals surface area (Å²) in [6, 6.07) is 0.0122. The molecule has 1 aromatic rings. The van der Waals surface area contributed by atoms with Crippen molar-refractivity contribution in [3.63, 3.8) is 0 Å². The molecule has 0 saturated carbocycles. The van der Waals surface area contributed by atoms with Crippen LogP contribution in [0.4, 0.5) is 0 Å². The molecule has 0 unspecified atom stereocenters. The summed E-state index contributed by atoms with van der Waals surface area (Å²) in [5, 5.41) is 4.29. The van der Waals surface area contributed by atoms with E-state index in [1.54, 1.807) is 0 Å². The van der Waals surface area contributed by atoms with Gasteiger partial charge in [-0.15, -0.1) is 6.58 Å². The molecule has 2 heterocycles. The molecule has 6 nitrogen and oxygen atoms in total. The third kappa shape index (κ3) is 4.93. The minimum atomic E-state index is -3.16. The zero-order chi connectivity index (χ0) is 16.2. The summed E-state index contributed by atoms with van der Waals surface area (Å²) in [5.41, 5.74) is 1.15. The molecular formula is C15H26N4O2S. The van der Waals surface area contributed by atoms with E-state index in [-0.39, 0.29) is 6.04 Å². The number of nitrogens with zero attached hydrogens (tertiary/aromatic N) is 3. The zero-order valence-corrected chi connectivity index (χ0v) is 14.2. The van der Waals surface area contributed by atoms with Crippen LogP contribution in [0.15, 0.2) is 25.0 Å². The normalized spacial score (nSPS) is 23.0. The van der Waals surface area contributed by atoms with Crippen molar-refractivity contribution >= 4 is 10.0 Å². The van der Waals surface area contributed by atoms with E-state index in [0.29, 0.717) is 12.5 Å². The Labute approximate surface area is 133 Å². The maximum Gasteiger partial charge on any atom is 0.209 e. The van der Waals surface area contributed by atoms with Crippen molar-refractivity contribution in [1.29, 1.82) is 0 Å². The van der Waals surface area contributed by atoms with Crippen molar-refractivity contribution in [2.45, 2.75) is 38.9 Å². The van der Waals surface area contributed by atoms with Crippen LogP contribution in [-0.2, 0) is 23.1 Å². The fourth-order valence-electron chi connectivity index (χ4n) is 3.14. The van der Waals surface area contributed by atoms with Crippen molar-refractivity contribution in [2.75, 3.05) is 19.3 Å². The lowest BCUT2D eigenvalue weighted by Gasteiger charge is -2.17. The SMILES string of the molecule is C=CCn1cc(CN2C[C@H](CCC)[C@@H](NS(C)(=O)=O)C2)cn1. The molecule has 1 fully saturated rings. The molecule has 0 amide bonds. The van der Waals surface area contributed by atoms with Gasteiger partial charge in [0.05, 0.1) is 19.0 Å². The van der Waals surface area contributed by atoms with Crippen LogP contribution in [0.25, 0.3) is 0 Å². The standard InChI is InChI=1S/C15H26N4O2S/c1-4-6-14-11-18(12-15(14)17-22(3,20)21)9-13-8-16-19(10-13)7-5-2/h5,8,10,14-15,17H,2,4,6-7,9,11-12H2,1,3H3/t14-,15-/m0/s1. The van der Waals surface area contributed by atoms with E-state index in [0.717, 1.165) is 38.0 Å². The van der Waals surface area contributed by atoms with Gasteiger partial charge in [-0.05, 0) is 12.3 Å². The molecule has 0 spiro atoms. The van der Waals surface area contributed by atoms with Gasteiger partial charge < -0.3 is 0 Å². The lowest BCUT2D eigenvalue weighted by molar-refractivity contribution is 0.312. The van der Waals surface area contributed by atoms with E-state index in [9.17, 15) is 8.42 Å². The number of allylic oxidation sites excluding steroid dienone is 1. The van der Waals surface area contributed by atoms with Gasteiger partial charge in [-0.25, -0.2) is 13.1 Å². The van der Waals surface area contributed by atoms with Gasteiger partial charge in [0.15, 0.2) is 0 Å². The first-order valence-corrected chi connectivity index (χ1v) is 9.62. The Morgan fingerprint density at radius 1 is 1.50 bits per heavy atom. The van der Waals surface area contributed by atoms with Crippen LogP contribution >= 0.6 is 0 Å². The average Bonchev–Trinajstić information content (AvgIpc) is 2.97.